The molecule has 222 valence electrons. The lowest BCUT2D eigenvalue weighted by atomic mass is 10.00. The molecule has 2 fully saturated rings. The Morgan fingerprint density at radius 2 is 1.82 bits per heavy atom. The number of carbonyl (C=O) groups excluding carboxylic acids is 3. The zero-order valence-corrected chi connectivity index (χ0v) is 26.1. The number of carbonyl (C=O) groups is 3. The lowest BCUT2D eigenvalue weighted by Crippen LogP contribution is -2.60. The minimum atomic E-state index is -1.87. The molecule has 2 atom stereocenters. The van der Waals surface area contributed by atoms with Crippen LogP contribution in [-0.2, 0) is 20.9 Å². The third kappa shape index (κ3) is 8.02. The number of thioether (sulfide) groups is 1. The van der Waals surface area contributed by atoms with Crippen LogP contribution in [0.1, 0.15) is 64.6 Å². The van der Waals surface area contributed by atoms with Crippen LogP contribution in [0, 0.1) is 6.92 Å². The molecular formula is C29H42F2N4O3S2. The number of hydrogen-bond acceptors (Lipinski definition) is 6. The Labute approximate surface area is 244 Å². The van der Waals surface area contributed by atoms with Crippen LogP contribution in [0.15, 0.2) is 29.8 Å². The maximum atomic E-state index is 14.4. The number of amides is 3. The fourth-order valence-electron chi connectivity index (χ4n) is 4.38. The summed E-state index contributed by atoms with van der Waals surface area (Å²) in [5.74, 6) is -1.30. The molecule has 7 nitrogen and oxygen atoms in total. The standard InChI is InChI=1S/C26H33FN4O3S2.C2H6.CH3F/c1-16-20(36-15-29-16)18-9-7-17(8-10-18)14-28-22(32)19-6-5-13-31(19)23(33)21(25(2,3)35-4)30-24(34)26(27)11-12-26;2*1-2/h7-10,15,19,21H,5-6,11-14H2,1-4H3,(H,28,32)(H,30,34);1-2H3;1H3. The maximum absolute atomic E-state index is 14.4. The molecular weight excluding hydrogens is 554 g/mol. The highest BCUT2D eigenvalue weighted by atomic mass is 32.2. The Balaban J connectivity index is 0.00000134. The molecule has 1 aliphatic carbocycles. The number of aryl methyl sites for hydroxylation is 1. The molecule has 2 N–H and O–H groups in total. The molecule has 1 aliphatic heterocycles. The van der Waals surface area contributed by atoms with Crippen LogP contribution in [0.2, 0.25) is 0 Å². The molecule has 0 spiro atoms. The van der Waals surface area contributed by atoms with Gasteiger partial charge in [-0.25, -0.2) is 9.37 Å². The molecule has 2 aromatic rings. The summed E-state index contributed by atoms with van der Waals surface area (Å²) < 4.78 is 23.2. The van der Waals surface area contributed by atoms with Gasteiger partial charge in [0.1, 0.15) is 12.1 Å². The minimum Gasteiger partial charge on any atom is -0.350 e. The zero-order chi connectivity index (χ0) is 30.1. The van der Waals surface area contributed by atoms with Gasteiger partial charge in [0.2, 0.25) is 11.8 Å². The molecule has 1 saturated carbocycles. The van der Waals surface area contributed by atoms with Crippen LogP contribution in [0.4, 0.5) is 8.78 Å². The first-order valence-electron chi connectivity index (χ1n) is 13.6. The van der Waals surface area contributed by atoms with Gasteiger partial charge in [-0.1, -0.05) is 38.1 Å². The van der Waals surface area contributed by atoms with E-state index in [0.29, 0.717) is 33.1 Å². The summed E-state index contributed by atoms with van der Waals surface area (Å²) in [6.07, 6.45) is 3.46. The topological polar surface area (TPSA) is 91.4 Å². The number of nitrogens with zero attached hydrogens (tertiary/aromatic N) is 2. The van der Waals surface area contributed by atoms with Gasteiger partial charge in [0.05, 0.1) is 23.3 Å². The molecule has 3 amide bonds. The second kappa shape index (κ2) is 14.9. The van der Waals surface area contributed by atoms with Gasteiger partial charge in [0.25, 0.3) is 5.91 Å². The predicted molar refractivity (Wildman–Crippen MR) is 160 cm³/mol. The summed E-state index contributed by atoms with van der Waals surface area (Å²) in [6.45, 7) is 10.5. The summed E-state index contributed by atoms with van der Waals surface area (Å²) >= 11 is 3.02. The first-order chi connectivity index (χ1) is 19.1. The number of likely N-dealkylation sites (tertiary alicyclic amines) is 1. The van der Waals surface area contributed by atoms with E-state index in [9.17, 15) is 23.2 Å². The van der Waals surface area contributed by atoms with Crippen LogP contribution in [-0.4, -0.2) is 70.1 Å². The van der Waals surface area contributed by atoms with Crippen LogP contribution in [0.25, 0.3) is 10.4 Å². The normalized spacial score (nSPS) is 17.9. The van der Waals surface area contributed by atoms with E-state index in [0.717, 1.165) is 21.7 Å². The van der Waals surface area contributed by atoms with E-state index in [1.807, 2.05) is 70.7 Å². The molecule has 0 bridgehead atoms. The number of aromatic nitrogens is 1. The average molecular weight is 597 g/mol. The van der Waals surface area contributed by atoms with Crippen LogP contribution < -0.4 is 10.6 Å². The molecule has 4 rings (SSSR count). The van der Waals surface area contributed by atoms with Gasteiger partial charge in [-0.05, 0) is 63.8 Å². The van der Waals surface area contributed by atoms with E-state index < -0.39 is 28.4 Å². The highest BCUT2D eigenvalue weighted by Gasteiger charge is 2.53. The zero-order valence-electron chi connectivity index (χ0n) is 24.5. The Bertz CT molecular complexity index is 1140. The van der Waals surface area contributed by atoms with Gasteiger partial charge in [0.15, 0.2) is 5.67 Å². The van der Waals surface area contributed by atoms with Gasteiger partial charge in [0, 0.05) is 17.8 Å². The fraction of sp³-hybridized carbons (Fsp3) is 0.586. The van der Waals surface area contributed by atoms with Crippen molar-refractivity contribution in [1.82, 2.24) is 20.5 Å². The van der Waals surface area contributed by atoms with Crippen molar-refractivity contribution in [3.05, 3.63) is 41.0 Å². The van der Waals surface area contributed by atoms with Crippen molar-refractivity contribution in [1.29, 1.82) is 0 Å². The Hall–Kier alpha value is -2.53. The number of halogens is 2. The fourth-order valence-corrected chi connectivity index (χ4v) is 5.58. The smallest absolute Gasteiger partial charge is 0.258 e. The lowest BCUT2D eigenvalue weighted by Gasteiger charge is -2.36. The van der Waals surface area contributed by atoms with Crippen LogP contribution in [0.5, 0.6) is 0 Å². The summed E-state index contributed by atoms with van der Waals surface area (Å²) in [6, 6.07) is 6.44. The molecule has 1 saturated heterocycles. The molecule has 2 unspecified atom stereocenters. The number of benzene rings is 1. The number of nitrogens with one attached hydrogen (secondary N) is 2. The largest absolute Gasteiger partial charge is 0.350 e. The average Bonchev–Trinajstić information content (AvgIpc) is 3.33. The van der Waals surface area contributed by atoms with Crippen LogP contribution in [0.3, 0.4) is 0 Å². The molecule has 2 aliphatic rings. The summed E-state index contributed by atoms with van der Waals surface area (Å²) in [4.78, 5) is 46.1. The van der Waals surface area contributed by atoms with Crippen molar-refractivity contribution in [2.45, 2.75) is 89.3 Å². The van der Waals surface area contributed by atoms with Gasteiger partial charge in [-0.2, -0.15) is 11.8 Å². The van der Waals surface area contributed by atoms with Crippen LogP contribution >= 0.6 is 23.1 Å². The first kappa shape index (κ1) is 33.7. The van der Waals surface area contributed by atoms with Crippen molar-refractivity contribution in [2.24, 2.45) is 0 Å². The van der Waals surface area contributed by atoms with E-state index in [-0.39, 0.29) is 24.7 Å². The summed E-state index contributed by atoms with van der Waals surface area (Å²) in [5, 5.41) is 5.63. The van der Waals surface area contributed by atoms with Crippen molar-refractivity contribution < 1.29 is 23.2 Å². The molecule has 2 heterocycles. The van der Waals surface area contributed by atoms with Crippen molar-refractivity contribution in [3.8, 4) is 10.4 Å². The highest BCUT2D eigenvalue weighted by molar-refractivity contribution is 8.00. The van der Waals surface area contributed by atoms with Crippen molar-refractivity contribution >= 4 is 40.8 Å². The van der Waals surface area contributed by atoms with Crippen molar-refractivity contribution in [2.75, 3.05) is 20.0 Å². The van der Waals surface area contributed by atoms with E-state index in [1.54, 1.807) is 16.2 Å². The number of alkyl halides is 2. The van der Waals surface area contributed by atoms with E-state index >= 15 is 0 Å². The van der Waals surface area contributed by atoms with Crippen molar-refractivity contribution in [3.63, 3.8) is 0 Å². The molecule has 40 heavy (non-hydrogen) atoms. The number of hydrogen-bond donors (Lipinski definition) is 2. The first-order valence-corrected chi connectivity index (χ1v) is 15.7. The van der Waals surface area contributed by atoms with Gasteiger partial charge in [-0.3, -0.25) is 18.8 Å². The second-order valence-corrected chi connectivity index (χ2v) is 12.4. The second-order valence-electron chi connectivity index (χ2n) is 10.1. The molecule has 1 aromatic carbocycles. The third-order valence-corrected chi connectivity index (χ3v) is 9.37. The highest BCUT2D eigenvalue weighted by Crippen LogP contribution is 2.40. The lowest BCUT2D eigenvalue weighted by molar-refractivity contribution is -0.142. The maximum Gasteiger partial charge on any atom is 0.258 e. The molecule has 11 heteroatoms. The monoisotopic (exact) mass is 596 g/mol. The molecule has 0 radical (unpaired) electrons. The molecule has 1 aromatic heterocycles. The third-order valence-electron chi connectivity index (χ3n) is 7.11. The minimum absolute atomic E-state index is 0.180. The number of thiazole rings is 1. The summed E-state index contributed by atoms with van der Waals surface area (Å²) in [5.41, 5.74) is 2.99. The Kier molecular flexibility index (Phi) is 12.6. The predicted octanol–water partition coefficient (Wildman–Crippen LogP) is 5.47. The quantitative estimate of drug-likeness (QED) is 0.401. The van der Waals surface area contributed by atoms with Gasteiger partial charge < -0.3 is 15.5 Å². The Morgan fingerprint density at radius 3 is 2.35 bits per heavy atom. The SMILES string of the molecule is CC.CF.CSC(C)(C)C(NC(=O)C1(F)CC1)C(=O)N1CCCC1C(=O)NCc1ccc(-c2scnc2C)cc1. The Morgan fingerprint density at radius 1 is 1.20 bits per heavy atom. The van der Waals surface area contributed by atoms with E-state index in [4.69, 9.17) is 0 Å². The van der Waals surface area contributed by atoms with Gasteiger partial charge in [-0.15, -0.1) is 11.3 Å². The van der Waals surface area contributed by atoms with Gasteiger partial charge >= 0.3 is 0 Å². The number of rotatable bonds is 9. The summed E-state index contributed by atoms with van der Waals surface area (Å²) in [7, 11) is 0.500. The van der Waals surface area contributed by atoms with E-state index in [1.165, 1.54) is 11.8 Å². The van der Waals surface area contributed by atoms with E-state index in [2.05, 4.69) is 15.6 Å².